The van der Waals surface area contributed by atoms with Crippen LogP contribution in [0.4, 0.5) is 17.6 Å². The second kappa shape index (κ2) is 8.32. The number of halogens is 4. The van der Waals surface area contributed by atoms with Crippen LogP contribution in [0.5, 0.6) is 5.75 Å². The van der Waals surface area contributed by atoms with Gasteiger partial charge in [-0.1, -0.05) is 29.1 Å². The summed E-state index contributed by atoms with van der Waals surface area (Å²) in [6, 6.07) is 8.69. The monoisotopic (exact) mass is 427 g/mol. The molecule has 10 heteroatoms. The molecule has 2 aromatic rings. The number of hydrogen-bond acceptors (Lipinski definition) is 5. The Morgan fingerprint density at radius 1 is 1.24 bits per heavy atom. The molecule has 0 fully saturated rings. The first-order valence-corrected chi connectivity index (χ1v) is 9.39. The van der Waals surface area contributed by atoms with Crippen molar-refractivity contribution in [1.29, 1.82) is 0 Å². The van der Waals surface area contributed by atoms with Crippen molar-refractivity contribution >= 4 is 22.6 Å². The lowest BCUT2D eigenvalue weighted by atomic mass is 10.1. The van der Waals surface area contributed by atoms with Crippen LogP contribution in [0.1, 0.15) is 23.6 Å². The normalized spacial score (nSPS) is 19.9. The number of benzene rings is 2. The molecule has 0 saturated carbocycles. The number of alkyl halides is 3. The van der Waals surface area contributed by atoms with Crippen molar-refractivity contribution in [1.82, 2.24) is 0 Å². The largest absolute Gasteiger partial charge is 0.492 e. The van der Waals surface area contributed by atoms with Crippen LogP contribution in [0.3, 0.4) is 0 Å². The zero-order chi connectivity index (χ0) is 21.2. The highest BCUT2D eigenvalue weighted by Crippen LogP contribution is 2.33. The highest BCUT2D eigenvalue weighted by molar-refractivity contribution is 8.15. The van der Waals surface area contributed by atoms with Gasteiger partial charge in [-0.05, 0) is 31.2 Å². The molecule has 1 aliphatic rings. The van der Waals surface area contributed by atoms with E-state index in [2.05, 4.69) is 10.1 Å². The van der Waals surface area contributed by atoms with Crippen molar-refractivity contribution in [3.8, 4) is 5.75 Å². The topological polar surface area (TPSA) is 80.2 Å². The molecule has 1 aliphatic heterocycles. The maximum Gasteiger partial charge on any atom is 0.416 e. The third kappa shape index (κ3) is 4.81. The molecule has 154 valence electrons. The number of nitrogens with two attached hydrogens (primary N) is 1. The molecule has 2 unspecified atom stereocenters. The molecule has 0 aromatic heterocycles. The van der Waals surface area contributed by atoms with Crippen molar-refractivity contribution in [2.24, 2.45) is 15.9 Å². The first-order chi connectivity index (χ1) is 13.7. The van der Waals surface area contributed by atoms with Crippen LogP contribution in [-0.4, -0.2) is 34.0 Å². The number of rotatable bonds is 5. The van der Waals surface area contributed by atoms with E-state index < -0.39 is 17.6 Å². The number of ether oxygens (including phenoxy) is 1. The van der Waals surface area contributed by atoms with E-state index in [-0.39, 0.29) is 35.0 Å². The molecule has 0 amide bonds. The van der Waals surface area contributed by atoms with Crippen molar-refractivity contribution < 1.29 is 27.5 Å². The van der Waals surface area contributed by atoms with E-state index in [0.29, 0.717) is 10.6 Å². The Kier molecular flexibility index (Phi) is 6.02. The first-order valence-electron chi connectivity index (χ1n) is 8.51. The van der Waals surface area contributed by atoms with Crippen LogP contribution in [0.2, 0.25) is 0 Å². The fourth-order valence-electron chi connectivity index (χ4n) is 2.68. The van der Waals surface area contributed by atoms with Crippen LogP contribution in [0.15, 0.2) is 52.6 Å². The van der Waals surface area contributed by atoms with Gasteiger partial charge < -0.3 is 15.7 Å². The lowest BCUT2D eigenvalue weighted by Crippen LogP contribution is -2.22. The maximum atomic E-state index is 14.0. The smallest absolute Gasteiger partial charge is 0.416 e. The van der Waals surface area contributed by atoms with Gasteiger partial charge in [-0.2, -0.15) is 13.2 Å². The molecular weight excluding hydrogens is 410 g/mol. The van der Waals surface area contributed by atoms with E-state index >= 15 is 0 Å². The van der Waals surface area contributed by atoms with Gasteiger partial charge in [0, 0.05) is 11.6 Å². The first kappa shape index (κ1) is 21.0. The number of nitrogens with zero attached hydrogens (tertiary/aromatic N) is 2. The molecule has 0 spiro atoms. The highest BCUT2D eigenvalue weighted by Gasteiger charge is 2.31. The van der Waals surface area contributed by atoms with Gasteiger partial charge in [-0.3, -0.25) is 4.99 Å². The maximum absolute atomic E-state index is 14.0. The quantitative estimate of drug-likeness (QED) is 0.246. The third-order valence-electron chi connectivity index (χ3n) is 4.32. The minimum atomic E-state index is -4.38. The molecule has 5 nitrogen and oxygen atoms in total. The van der Waals surface area contributed by atoms with Crippen LogP contribution in [-0.2, 0) is 6.18 Å². The van der Waals surface area contributed by atoms with E-state index in [0.717, 1.165) is 18.2 Å². The lowest BCUT2D eigenvalue weighted by molar-refractivity contribution is -0.137. The van der Waals surface area contributed by atoms with Gasteiger partial charge in [-0.25, -0.2) is 4.39 Å². The summed E-state index contributed by atoms with van der Waals surface area (Å²) in [5, 5.41) is 11.9. The molecule has 0 bridgehead atoms. The van der Waals surface area contributed by atoms with Crippen LogP contribution >= 0.6 is 11.8 Å². The summed E-state index contributed by atoms with van der Waals surface area (Å²) >= 11 is 1.40. The molecule has 0 aliphatic carbocycles. The van der Waals surface area contributed by atoms with Crippen molar-refractivity contribution in [2.75, 3.05) is 6.61 Å². The van der Waals surface area contributed by atoms with Crippen LogP contribution in [0.25, 0.3) is 0 Å². The molecular formula is C19H17F4N3O2S. The average molecular weight is 427 g/mol. The summed E-state index contributed by atoms with van der Waals surface area (Å²) in [6.07, 6.45) is -4.38. The fourth-order valence-corrected chi connectivity index (χ4v) is 3.86. The Bertz CT molecular complexity index is 945. The zero-order valence-electron chi connectivity index (χ0n) is 15.2. The third-order valence-corrected chi connectivity index (χ3v) is 5.72. The number of oxime groups is 1. The standard InChI is InChI=1S/C19H17F4N3O2S/c1-10-16(9-28-13-6-7-14(15(20)8-13)17(24)26-27)29-18(25-10)11-2-4-12(5-3-11)19(21,22)23/h2-8,10,16,27H,9H2,1H3,(H2,24,26). The van der Waals surface area contributed by atoms with E-state index in [4.69, 9.17) is 15.7 Å². The Morgan fingerprint density at radius 3 is 2.52 bits per heavy atom. The van der Waals surface area contributed by atoms with Crippen LogP contribution in [0, 0.1) is 5.82 Å². The van der Waals surface area contributed by atoms with Crippen molar-refractivity contribution in [2.45, 2.75) is 24.4 Å². The Balaban J connectivity index is 1.62. The Hall–Kier alpha value is -2.75. The lowest BCUT2D eigenvalue weighted by Gasteiger charge is -2.15. The van der Waals surface area contributed by atoms with Crippen molar-refractivity contribution in [3.05, 3.63) is 65.0 Å². The van der Waals surface area contributed by atoms with Gasteiger partial charge in [0.1, 0.15) is 18.2 Å². The molecule has 29 heavy (non-hydrogen) atoms. The summed E-state index contributed by atoms with van der Waals surface area (Å²) in [5.41, 5.74) is 5.22. The predicted octanol–water partition coefficient (Wildman–Crippen LogP) is 4.27. The van der Waals surface area contributed by atoms with Gasteiger partial charge in [-0.15, -0.1) is 0 Å². The second-order valence-corrected chi connectivity index (χ2v) is 7.57. The Labute approximate surface area is 168 Å². The summed E-state index contributed by atoms with van der Waals surface area (Å²) < 4.78 is 57.7. The molecule has 3 N–H and O–H groups in total. The summed E-state index contributed by atoms with van der Waals surface area (Å²) in [7, 11) is 0. The molecule has 1 heterocycles. The fraction of sp³-hybridized carbons (Fsp3) is 0.263. The van der Waals surface area contributed by atoms with E-state index in [1.165, 1.54) is 36.0 Å². The number of thioether (sulfide) groups is 1. The molecule has 0 saturated heterocycles. The SMILES string of the molecule is CC1N=C(c2ccc(C(F)(F)F)cc2)SC1COc1ccc(C(N)=NO)c(F)c1. The van der Waals surface area contributed by atoms with Crippen LogP contribution < -0.4 is 10.5 Å². The van der Waals surface area contributed by atoms with Gasteiger partial charge in [0.05, 0.1) is 27.5 Å². The molecule has 0 radical (unpaired) electrons. The minimum absolute atomic E-state index is 0.0450. The van der Waals surface area contributed by atoms with E-state index in [1.54, 1.807) is 0 Å². The predicted molar refractivity (Wildman–Crippen MR) is 103 cm³/mol. The number of amidine groups is 1. The highest BCUT2D eigenvalue weighted by atomic mass is 32.2. The van der Waals surface area contributed by atoms with Crippen molar-refractivity contribution in [3.63, 3.8) is 0 Å². The average Bonchev–Trinajstić information content (AvgIpc) is 3.06. The zero-order valence-corrected chi connectivity index (χ0v) is 16.0. The Morgan fingerprint density at radius 2 is 1.93 bits per heavy atom. The summed E-state index contributed by atoms with van der Waals surface area (Å²) in [6.45, 7) is 2.10. The summed E-state index contributed by atoms with van der Waals surface area (Å²) in [4.78, 5) is 4.49. The number of hydrogen-bond donors (Lipinski definition) is 2. The molecule has 2 atom stereocenters. The number of aliphatic imine (C=N–C) groups is 1. The van der Waals surface area contributed by atoms with E-state index in [9.17, 15) is 17.6 Å². The second-order valence-electron chi connectivity index (χ2n) is 6.34. The van der Waals surface area contributed by atoms with Gasteiger partial charge in [0.15, 0.2) is 5.84 Å². The minimum Gasteiger partial charge on any atom is -0.492 e. The van der Waals surface area contributed by atoms with Gasteiger partial charge in [0.2, 0.25) is 0 Å². The summed E-state index contributed by atoms with van der Waals surface area (Å²) in [5.74, 6) is -0.761. The van der Waals surface area contributed by atoms with Gasteiger partial charge >= 0.3 is 6.18 Å². The molecule has 3 rings (SSSR count). The van der Waals surface area contributed by atoms with Gasteiger partial charge in [0.25, 0.3) is 0 Å². The molecule has 2 aromatic carbocycles. The van der Waals surface area contributed by atoms with E-state index in [1.807, 2.05) is 6.92 Å².